The summed E-state index contributed by atoms with van der Waals surface area (Å²) in [7, 11) is 0. The maximum Gasteiger partial charge on any atom is 0.222 e. The Hall–Kier alpha value is -1.82. The van der Waals surface area contributed by atoms with Gasteiger partial charge in [-0.2, -0.15) is 5.26 Å². The van der Waals surface area contributed by atoms with Crippen LogP contribution in [0.5, 0.6) is 0 Å². The maximum atomic E-state index is 11.8. The predicted molar refractivity (Wildman–Crippen MR) is 67.3 cm³/mol. The van der Waals surface area contributed by atoms with Crippen LogP contribution in [-0.2, 0) is 4.79 Å². The predicted octanol–water partition coefficient (Wildman–Crippen LogP) is 2.88. The molecule has 1 aromatic rings. The molecule has 0 N–H and O–H groups in total. The number of benzene rings is 1. The monoisotopic (exact) mass is 230 g/mol. The number of nitrogens with zero attached hydrogens (tertiary/aromatic N) is 2. The van der Waals surface area contributed by atoms with Crippen LogP contribution in [0.2, 0.25) is 0 Å². The van der Waals surface area contributed by atoms with Crippen LogP contribution in [0, 0.1) is 11.3 Å². The molecule has 3 heteroatoms. The fourth-order valence-corrected chi connectivity index (χ4v) is 1.89. The molecule has 0 aliphatic rings. The maximum absolute atomic E-state index is 11.8. The van der Waals surface area contributed by atoms with E-state index in [0.717, 1.165) is 5.56 Å². The number of carbonyl (C=O) groups is 1. The van der Waals surface area contributed by atoms with Gasteiger partial charge in [0, 0.05) is 13.0 Å². The summed E-state index contributed by atoms with van der Waals surface area (Å²) < 4.78 is 0. The van der Waals surface area contributed by atoms with E-state index in [4.69, 9.17) is 5.26 Å². The topological polar surface area (TPSA) is 44.1 Å². The van der Waals surface area contributed by atoms with Gasteiger partial charge in [0.25, 0.3) is 0 Å². The lowest BCUT2D eigenvalue weighted by molar-refractivity contribution is -0.132. The molecule has 0 bridgehead atoms. The average Bonchev–Trinajstić information content (AvgIpc) is 2.39. The standard InChI is InChI=1S/C14H18N2O/c1-4-14(17)16(5-2)11(3)13-8-6-12(10-15)7-9-13/h6-9,11H,4-5H2,1-3H3. The van der Waals surface area contributed by atoms with Gasteiger partial charge >= 0.3 is 0 Å². The first-order valence-electron chi connectivity index (χ1n) is 5.93. The van der Waals surface area contributed by atoms with Crippen molar-refractivity contribution in [3.05, 3.63) is 35.4 Å². The molecule has 0 fully saturated rings. The largest absolute Gasteiger partial charge is 0.336 e. The van der Waals surface area contributed by atoms with E-state index in [0.29, 0.717) is 18.5 Å². The first-order chi connectivity index (χ1) is 8.13. The van der Waals surface area contributed by atoms with E-state index >= 15 is 0 Å². The van der Waals surface area contributed by atoms with E-state index in [9.17, 15) is 4.79 Å². The highest BCUT2D eigenvalue weighted by Gasteiger charge is 2.18. The first-order valence-corrected chi connectivity index (χ1v) is 5.93. The average molecular weight is 230 g/mol. The van der Waals surface area contributed by atoms with Gasteiger partial charge in [0.2, 0.25) is 5.91 Å². The molecule has 1 amide bonds. The van der Waals surface area contributed by atoms with Crippen molar-refractivity contribution in [1.82, 2.24) is 4.90 Å². The molecule has 0 spiro atoms. The molecule has 3 nitrogen and oxygen atoms in total. The molecule has 17 heavy (non-hydrogen) atoms. The number of nitriles is 1. The fraction of sp³-hybridized carbons (Fsp3) is 0.429. The molecule has 90 valence electrons. The second-order valence-electron chi connectivity index (χ2n) is 3.94. The number of hydrogen-bond donors (Lipinski definition) is 0. The van der Waals surface area contributed by atoms with Gasteiger partial charge in [-0.3, -0.25) is 4.79 Å². The quantitative estimate of drug-likeness (QED) is 0.798. The highest BCUT2D eigenvalue weighted by atomic mass is 16.2. The summed E-state index contributed by atoms with van der Waals surface area (Å²) in [6.45, 7) is 6.57. The van der Waals surface area contributed by atoms with Crippen LogP contribution >= 0.6 is 0 Å². The van der Waals surface area contributed by atoms with E-state index < -0.39 is 0 Å². The molecule has 0 saturated heterocycles. The van der Waals surface area contributed by atoms with Crippen molar-refractivity contribution < 1.29 is 4.79 Å². The van der Waals surface area contributed by atoms with Crippen molar-refractivity contribution in [2.75, 3.05) is 6.54 Å². The minimum atomic E-state index is 0.0557. The zero-order chi connectivity index (χ0) is 12.8. The Morgan fingerprint density at radius 3 is 2.35 bits per heavy atom. The molecular weight excluding hydrogens is 212 g/mol. The van der Waals surface area contributed by atoms with E-state index in [2.05, 4.69) is 6.07 Å². The van der Waals surface area contributed by atoms with Gasteiger partial charge in [0.1, 0.15) is 0 Å². The second kappa shape index (κ2) is 6.05. The molecule has 1 unspecified atom stereocenters. The van der Waals surface area contributed by atoms with Crippen LogP contribution in [0.3, 0.4) is 0 Å². The van der Waals surface area contributed by atoms with Gasteiger partial charge in [0.05, 0.1) is 17.7 Å². The lowest BCUT2D eigenvalue weighted by Crippen LogP contribution is -2.32. The van der Waals surface area contributed by atoms with Gasteiger partial charge in [0.15, 0.2) is 0 Å². The van der Waals surface area contributed by atoms with Gasteiger partial charge in [-0.25, -0.2) is 0 Å². The summed E-state index contributed by atoms with van der Waals surface area (Å²) in [6.07, 6.45) is 0.522. The lowest BCUT2D eigenvalue weighted by Gasteiger charge is -2.28. The number of amides is 1. The first kappa shape index (κ1) is 13.2. The normalized spacial score (nSPS) is 11.6. The van der Waals surface area contributed by atoms with Crippen LogP contribution in [0.25, 0.3) is 0 Å². The zero-order valence-corrected chi connectivity index (χ0v) is 10.6. The number of rotatable bonds is 4. The van der Waals surface area contributed by atoms with E-state index in [1.807, 2.05) is 37.8 Å². The van der Waals surface area contributed by atoms with Crippen LogP contribution in [-0.4, -0.2) is 17.4 Å². The van der Waals surface area contributed by atoms with Crippen molar-refractivity contribution in [3.8, 4) is 6.07 Å². The molecule has 0 aromatic heterocycles. The summed E-state index contributed by atoms with van der Waals surface area (Å²) >= 11 is 0. The van der Waals surface area contributed by atoms with Crippen molar-refractivity contribution in [1.29, 1.82) is 5.26 Å². The Bertz CT molecular complexity index is 417. The van der Waals surface area contributed by atoms with Crippen LogP contribution in [0.15, 0.2) is 24.3 Å². The molecule has 0 heterocycles. The molecule has 1 aromatic carbocycles. The third kappa shape index (κ3) is 3.07. The Labute approximate surface area is 103 Å². The molecule has 0 aliphatic carbocycles. The minimum Gasteiger partial charge on any atom is -0.336 e. The van der Waals surface area contributed by atoms with Crippen molar-refractivity contribution in [2.45, 2.75) is 33.2 Å². The van der Waals surface area contributed by atoms with Gasteiger partial charge in [-0.1, -0.05) is 19.1 Å². The Balaban J connectivity index is 2.90. The highest BCUT2D eigenvalue weighted by Crippen LogP contribution is 2.21. The number of carbonyl (C=O) groups excluding carboxylic acids is 1. The molecular formula is C14H18N2O. The minimum absolute atomic E-state index is 0.0557. The lowest BCUT2D eigenvalue weighted by atomic mass is 10.0. The van der Waals surface area contributed by atoms with Crippen molar-refractivity contribution >= 4 is 5.91 Å². The summed E-state index contributed by atoms with van der Waals surface area (Å²) in [6, 6.07) is 9.54. The van der Waals surface area contributed by atoms with E-state index in [1.54, 1.807) is 12.1 Å². The summed E-state index contributed by atoms with van der Waals surface area (Å²) in [5, 5.41) is 8.73. The van der Waals surface area contributed by atoms with Crippen molar-refractivity contribution in [2.24, 2.45) is 0 Å². The third-order valence-corrected chi connectivity index (χ3v) is 2.95. The van der Waals surface area contributed by atoms with Gasteiger partial charge in [-0.05, 0) is 31.5 Å². The SMILES string of the molecule is CCC(=O)N(CC)C(C)c1ccc(C#N)cc1. The summed E-state index contributed by atoms with van der Waals surface area (Å²) in [4.78, 5) is 13.6. The Morgan fingerprint density at radius 1 is 1.35 bits per heavy atom. The van der Waals surface area contributed by atoms with Crippen LogP contribution < -0.4 is 0 Å². The van der Waals surface area contributed by atoms with Gasteiger partial charge < -0.3 is 4.90 Å². The highest BCUT2D eigenvalue weighted by molar-refractivity contribution is 5.76. The third-order valence-electron chi connectivity index (χ3n) is 2.95. The van der Waals surface area contributed by atoms with Crippen LogP contribution in [0.4, 0.5) is 0 Å². The second-order valence-corrected chi connectivity index (χ2v) is 3.94. The van der Waals surface area contributed by atoms with E-state index in [1.165, 1.54) is 0 Å². The molecule has 0 aliphatic heterocycles. The fourth-order valence-electron chi connectivity index (χ4n) is 1.89. The van der Waals surface area contributed by atoms with Crippen LogP contribution in [0.1, 0.15) is 44.4 Å². The summed E-state index contributed by atoms with van der Waals surface area (Å²) in [5.74, 6) is 0.157. The molecule has 1 atom stereocenters. The molecule has 0 radical (unpaired) electrons. The molecule has 0 saturated carbocycles. The van der Waals surface area contributed by atoms with Crippen molar-refractivity contribution in [3.63, 3.8) is 0 Å². The smallest absolute Gasteiger partial charge is 0.222 e. The Morgan fingerprint density at radius 2 is 1.94 bits per heavy atom. The Kier molecular flexibility index (Phi) is 4.71. The summed E-state index contributed by atoms with van der Waals surface area (Å²) in [5.41, 5.74) is 1.71. The number of hydrogen-bond acceptors (Lipinski definition) is 2. The van der Waals surface area contributed by atoms with Gasteiger partial charge in [-0.15, -0.1) is 0 Å². The zero-order valence-electron chi connectivity index (χ0n) is 10.6. The van der Waals surface area contributed by atoms with E-state index in [-0.39, 0.29) is 11.9 Å². The molecule has 1 rings (SSSR count).